The molecule has 6 nitrogen and oxygen atoms in total. The predicted octanol–water partition coefficient (Wildman–Crippen LogP) is 0.792. The minimum absolute atomic E-state index is 0.249. The van der Waals surface area contributed by atoms with Gasteiger partial charge in [0.15, 0.2) is 5.69 Å². The van der Waals surface area contributed by atoms with Crippen molar-refractivity contribution in [2.75, 3.05) is 32.1 Å². The molecule has 2 heterocycles. The number of nitrogens with zero attached hydrogens (tertiary/aromatic N) is 4. The summed E-state index contributed by atoms with van der Waals surface area (Å²) in [5, 5.41) is 0. The van der Waals surface area contributed by atoms with E-state index in [-0.39, 0.29) is 5.69 Å². The molecule has 0 spiro atoms. The van der Waals surface area contributed by atoms with Crippen LogP contribution < -0.4 is 4.90 Å². The van der Waals surface area contributed by atoms with E-state index in [1.54, 1.807) is 6.20 Å². The summed E-state index contributed by atoms with van der Waals surface area (Å²) < 4.78 is 4.67. The summed E-state index contributed by atoms with van der Waals surface area (Å²) in [6.07, 6.45) is 3.12. The van der Waals surface area contributed by atoms with Crippen LogP contribution >= 0.6 is 0 Å². The van der Waals surface area contributed by atoms with E-state index in [0.29, 0.717) is 12.1 Å². The third-order valence-electron chi connectivity index (χ3n) is 3.70. The van der Waals surface area contributed by atoms with Crippen molar-refractivity contribution < 1.29 is 9.53 Å². The molecule has 19 heavy (non-hydrogen) atoms. The molecule has 1 saturated heterocycles. The van der Waals surface area contributed by atoms with Crippen molar-refractivity contribution in [3.05, 3.63) is 18.1 Å². The molecule has 0 radical (unpaired) electrons. The van der Waals surface area contributed by atoms with Gasteiger partial charge in [0.2, 0.25) is 0 Å². The molecule has 1 aliphatic heterocycles. The molecule has 6 heteroatoms. The van der Waals surface area contributed by atoms with Gasteiger partial charge >= 0.3 is 5.97 Å². The molecular formula is C13H20N4O2. The summed E-state index contributed by atoms with van der Waals surface area (Å²) in [4.78, 5) is 24.4. The Hall–Kier alpha value is -1.69. The van der Waals surface area contributed by atoms with Gasteiger partial charge in [-0.05, 0) is 20.9 Å². The first-order valence-corrected chi connectivity index (χ1v) is 6.40. The Balaban J connectivity index is 2.20. The average Bonchev–Trinajstić information content (AvgIpc) is 2.43. The summed E-state index contributed by atoms with van der Waals surface area (Å²) in [5.74, 6) is 0.277. The Bertz CT molecular complexity index is 454. The third kappa shape index (κ3) is 2.84. The molecule has 1 aliphatic rings. The van der Waals surface area contributed by atoms with Crippen molar-refractivity contribution in [2.45, 2.75) is 25.9 Å². The second-order valence-electron chi connectivity index (χ2n) is 5.02. The predicted molar refractivity (Wildman–Crippen MR) is 72.3 cm³/mol. The minimum Gasteiger partial charge on any atom is -0.464 e. The maximum absolute atomic E-state index is 11.5. The van der Waals surface area contributed by atoms with E-state index in [2.05, 4.69) is 45.4 Å². The number of carbonyl (C=O) groups is 1. The van der Waals surface area contributed by atoms with Crippen LogP contribution in [0.2, 0.25) is 0 Å². The van der Waals surface area contributed by atoms with Gasteiger partial charge < -0.3 is 9.64 Å². The van der Waals surface area contributed by atoms with Crippen LogP contribution in [0.5, 0.6) is 0 Å². The number of piperazine rings is 1. The van der Waals surface area contributed by atoms with Crippen LogP contribution in [0, 0.1) is 0 Å². The van der Waals surface area contributed by atoms with Crippen molar-refractivity contribution in [3.8, 4) is 0 Å². The lowest BCUT2D eigenvalue weighted by Crippen LogP contribution is -2.55. The summed E-state index contributed by atoms with van der Waals surface area (Å²) in [5.41, 5.74) is 0.249. The maximum Gasteiger partial charge on any atom is 0.358 e. The van der Waals surface area contributed by atoms with Gasteiger partial charge in [-0.2, -0.15) is 0 Å². The monoisotopic (exact) mass is 264 g/mol. The normalized spacial score (nSPS) is 24.3. The molecule has 1 aromatic rings. The van der Waals surface area contributed by atoms with Gasteiger partial charge in [-0.3, -0.25) is 9.88 Å². The number of esters is 1. The first kappa shape index (κ1) is 13.7. The summed E-state index contributed by atoms with van der Waals surface area (Å²) >= 11 is 0. The Morgan fingerprint density at radius 2 is 1.95 bits per heavy atom. The molecule has 2 atom stereocenters. The second-order valence-corrected chi connectivity index (χ2v) is 5.02. The van der Waals surface area contributed by atoms with Gasteiger partial charge in [-0.25, -0.2) is 9.78 Å². The summed E-state index contributed by atoms with van der Waals surface area (Å²) in [6.45, 7) is 6.11. The van der Waals surface area contributed by atoms with E-state index in [4.69, 9.17) is 0 Å². The van der Waals surface area contributed by atoms with Gasteiger partial charge in [-0.1, -0.05) is 0 Å². The van der Waals surface area contributed by atoms with Crippen LogP contribution in [0.4, 0.5) is 5.82 Å². The van der Waals surface area contributed by atoms with Crippen LogP contribution in [-0.4, -0.2) is 60.2 Å². The molecule has 0 aromatic carbocycles. The number of likely N-dealkylation sites (N-methyl/N-ethyl adjacent to an activating group) is 1. The highest BCUT2D eigenvalue weighted by Crippen LogP contribution is 2.19. The largest absolute Gasteiger partial charge is 0.464 e. The summed E-state index contributed by atoms with van der Waals surface area (Å²) in [7, 11) is 3.47. The lowest BCUT2D eigenvalue weighted by Gasteiger charge is -2.42. The van der Waals surface area contributed by atoms with Gasteiger partial charge in [0.05, 0.1) is 19.5 Å². The van der Waals surface area contributed by atoms with E-state index >= 15 is 0 Å². The molecular weight excluding hydrogens is 244 g/mol. The molecule has 2 rings (SSSR count). The number of hydrogen-bond acceptors (Lipinski definition) is 6. The Morgan fingerprint density at radius 1 is 1.32 bits per heavy atom. The van der Waals surface area contributed by atoms with Crippen LogP contribution in [0.15, 0.2) is 12.4 Å². The highest BCUT2D eigenvalue weighted by molar-refractivity contribution is 5.87. The minimum atomic E-state index is -0.454. The molecule has 104 valence electrons. The molecule has 0 saturated carbocycles. The SMILES string of the molecule is COC(=O)c1cncc(N2CC(C)N(C)C(C)C2)n1. The zero-order valence-electron chi connectivity index (χ0n) is 11.8. The van der Waals surface area contributed by atoms with Crippen molar-refractivity contribution in [1.29, 1.82) is 0 Å². The number of anilines is 1. The van der Waals surface area contributed by atoms with E-state index in [9.17, 15) is 4.79 Å². The van der Waals surface area contributed by atoms with E-state index in [1.807, 2.05) is 0 Å². The molecule has 0 bridgehead atoms. The Labute approximate surface area is 113 Å². The van der Waals surface area contributed by atoms with Gasteiger partial charge in [0, 0.05) is 25.2 Å². The summed E-state index contributed by atoms with van der Waals surface area (Å²) in [6, 6.07) is 0.875. The molecule has 1 fully saturated rings. The van der Waals surface area contributed by atoms with Crippen LogP contribution in [0.25, 0.3) is 0 Å². The highest BCUT2D eigenvalue weighted by atomic mass is 16.5. The smallest absolute Gasteiger partial charge is 0.358 e. The zero-order valence-corrected chi connectivity index (χ0v) is 11.8. The first-order chi connectivity index (χ1) is 9.02. The van der Waals surface area contributed by atoms with Gasteiger partial charge in [-0.15, -0.1) is 0 Å². The maximum atomic E-state index is 11.5. The van der Waals surface area contributed by atoms with Crippen molar-refractivity contribution in [2.24, 2.45) is 0 Å². The molecule has 0 amide bonds. The average molecular weight is 264 g/mol. The van der Waals surface area contributed by atoms with Crippen LogP contribution in [-0.2, 0) is 4.74 Å². The standard InChI is InChI=1S/C13H20N4O2/c1-9-7-17(8-10(2)16(9)3)12-6-14-5-11(15-12)13(18)19-4/h5-6,9-10H,7-8H2,1-4H3. The third-order valence-corrected chi connectivity index (χ3v) is 3.70. The highest BCUT2D eigenvalue weighted by Gasteiger charge is 2.27. The fraction of sp³-hybridized carbons (Fsp3) is 0.615. The number of carbonyl (C=O) groups excluding carboxylic acids is 1. The van der Waals surface area contributed by atoms with Crippen molar-refractivity contribution in [1.82, 2.24) is 14.9 Å². The van der Waals surface area contributed by atoms with Crippen LogP contribution in [0.1, 0.15) is 24.3 Å². The number of rotatable bonds is 2. The van der Waals surface area contributed by atoms with Gasteiger partial charge in [0.25, 0.3) is 0 Å². The fourth-order valence-corrected chi connectivity index (χ4v) is 2.30. The van der Waals surface area contributed by atoms with E-state index in [0.717, 1.165) is 18.9 Å². The topological polar surface area (TPSA) is 58.6 Å². The van der Waals surface area contributed by atoms with E-state index in [1.165, 1.54) is 13.3 Å². The lowest BCUT2D eigenvalue weighted by molar-refractivity contribution is 0.0593. The quantitative estimate of drug-likeness (QED) is 0.736. The molecule has 1 aromatic heterocycles. The Morgan fingerprint density at radius 3 is 2.53 bits per heavy atom. The zero-order chi connectivity index (χ0) is 14.0. The lowest BCUT2D eigenvalue weighted by atomic mass is 10.1. The number of ether oxygens (including phenoxy) is 1. The number of methoxy groups -OCH3 is 1. The van der Waals surface area contributed by atoms with Crippen LogP contribution in [0.3, 0.4) is 0 Å². The Kier molecular flexibility index (Phi) is 3.99. The second kappa shape index (κ2) is 5.52. The van der Waals surface area contributed by atoms with Crippen molar-refractivity contribution >= 4 is 11.8 Å². The van der Waals surface area contributed by atoms with E-state index < -0.39 is 5.97 Å². The van der Waals surface area contributed by atoms with Crippen molar-refractivity contribution in [3.63, 3.8) is 0 Å². The van der Waals surface area contributed by atoms with Gasteiger partial charge in [0.1, 0.15) is 5.82 Å². The molecule has 2 unspecified atom stereocenters. The number of aromatic nitrogens is 2. The fourth-order valence-electron chi connectivity index (χ4n) is 2.30. The molecule has 0 aliphatic carbocycles. The molecule has 0 N–H and O–H groups in total. The first-order valence-electron chi connectivity index (χ1n) is 6.40. The number of hydrogen-bond donors (Lipinski definition) is 0.